The first-order chi connectivity index (χ1) is 7.04. The van der Waals surface area contributed by atoms with Crippen molar-refractivity contribution >= 4 is 23.2 Å². The van der Waals surface area contributed by atoms with E-state index in [1.165, 1.54) is 11.1 Å². The smallest absolute Gasteiger partial charge is 0.0595 e. The van der Waals surface area contributed by atoms with Gasteiger partial charge in [-0.2, -0.15) is 0 Å². The molecule has 1 heterocycles. The fraction of sp³-hybridized carbons (Fsp3) is 0.333. The van der Waals surface area contributed by atoms with Gasteiger partial charge in [-0.05, 0) is 43.3 Å². The van der Waals surface area contributed by atoms with Gasteiger partial charge in [-0.15, -0.1) is 0 Å². The Bertz CT molecular complexity index is 426. The summed E-state index contributed by atoms with van der Waals surface area (Å²) in [6.07, 6.45) is 2.06. The maximum Gasteiger partial charge on any atom is 0.0595 e. The lowest BCUT2D eigenvalue weighted by Gasteiger charge is -2.26. The molecule has 1 aliphatic rings. The van der Waals surface area contributed by atoms with Crippen molar-refractivity contribution in [1.82, 2.24) is 5.32 Å². The summed E-state index contributed by atoms with van der Waals surface area (Å²) >= 11 is 11.9. The topological polar surface area (TPSA) is 12.0 Å². The Hall–Kier alpha value is -0.660. The molecule has 0 fully saturated rings. The first-order valence-corrected chi connectivity index (χ1v) is 5.66. The van der Waals surface area contributed by atoms with Crippen molar-refractivity contribution in [3.05, 3.63) is 45.6 Å². The lowest BCUT2D eigenvalue weighted by Crippen LogP contribution is -2.28. The normalized spacial score (nSPS) is 24.9. The van der Waals surface area contributed by atoms with E-state index < -0.39 is 0 Å². The monoisotopic (exact) mass is 241 g/mol. The third-order valence-corrected chi connectivity index (χ3v) is 3.94. The summed E-state index contributed by atoms with van der Waals surface area (Å²) in [5, 5.41) is 4.49. The number of nitrogens with one attached hydrogen (secondary N) is 1. The van der Waals surface area contributed by atoms with Gasteiger partial charge in [0.2, 0.25) is 0 Å². The Morgan fingerprint density at radius 1 is 1.27 bits per heavy atom. The Balaban J connectivity index is 2.46. The van der Waals surface area contributed by atoms with Gasteiger partial charge >= 0.3 is 0 Å². The van der Waals surface area contributed by atoms with Crippen LogP contribution in [0.1, 0.15) is 19.4 Å². The Morgan fingerprint density at radius 2 is 2.00 bits per heavy atom. The molecule has 1 aromatic rings. The molecule has 0 radical (unpaired) electrons. The molecule has 0 aliphatic carbocycles. The zero-order valence-corrected chi connectivity index (χ0v) is 10.3. The highest BCUT2D eigenvalue weighted by Crippen LogP contribution is 2.36. The maximum atomic E-state index is 6.03. The van der Waals surface area contributed by atoms with E-state index in [0.29, 0.717) is 10.0 Å². The van der Waals surface area contributed by atoms with Crippen molar-refractivity contribution in [2.24, 2.45) is 0 Å². The van der Waals surface area contributed by atoms with Gasteiger partial charge in [0.1, 0.15) is 0 Å². The molecule has 2 rings (SSSR count). The molecule has 1 aliphatic heterocycles. The van der Waals surface area contributed by atoms with E-state index in [-0.39, 0.29) is 5.41 Å². The molecule has 3 heteroatoms. The van der Waals surface area contributed by atoms with Crippen molar-refractivity contribution in [3.63, 3.8) is 0 Å². The lowest BCUT2D eigenvalue weighted by molar-refractivity contribution is 0.577. The van der Waals surface area contributed by atoms with Crippen LogP contribution in [0.25, 0.3) is 0 Å². The first-order valence-electron chi connectivity index (χ1n) is 4.90. The molecule has 80 valence electrons. The van der Waals surface area contributed by atoms with E-state index in [0.717, 1.165) is 6.54 Å². The van der Waals surface area contributed by atoms with Crippen LogP contribution in [-0.4, -0.2) is 6.54 Å². The second kappa shape index (κ2) is 3.73. The van der Waals surface area contributed by atoms with Crippen molar-refractivity contribution in [1.29, 1.82) is 0 Å². The summed E-state index contributed by atoms with van der Waals surface area (Å²) in [5.74, 6) is 0. The van der Waals surface area contributed by atoms with E-state index in [1.54, 1.807) is 0 Å². The van der Waals surface area contributed by atoms with Gasteiger partial charge in [0.05, 0.1) is 10.0 Å². The van der Waals surface area contributed by atoms with Crippen LogP contribution in [0, 0.1) is 0 Å². The van der Waals surface area contributed by atoms with Crippen LogP contribution in [0.15, 0.2) is 30.0 Å². The van der Waals surface area contributed by atoms with Gasteiger partial charge in [0.25, 0.3) is 0 Å². The summed E-state index contributed by atoms with van der Waals surface area (Å²) in [6.45, 7) is 5.25. The van der Waals surface area contributed by atoms with E-state index in [9.17, 15) is 0 Å². The van der Waals surface area contributed by atoms with Crippen molar-refractivity contribution < 1.29 is 0 Å². The van der Waals surface area contributed by atoms with Gasteiger partial charge in [-0.3, -0.25) is 0 Å². The second-order valence-corrected chi connectivity index (χ2v) is 4.98. The van der Waals surface area contributed by atoms with Gasteiger partial charge in [0, 0.05) is 12.0 Å². The highest BCUT2D eigenvalue weighted by molar-refractivity contribution is 6.42. The fourth-order valence-electron chi connectivity index (χ4n) is 1.88. The first kappa shape index (κ1) is 10.8. The number of hydrogen-bond acceptors (Lipinski definition) is 1. The Kier molecular flexibility index (Phi) is 2.70. The summed E-state index contributed by atoms with van der Waals surface area (Å²) < 4.78 is 0. The van der Waals surface area contributed by atoms with E-state index in [4.69, 9.17) is 23.2 Å². The van der Waals surface area contributed by atoms with Crippen LogP contribution in [0.2, 0.25) is 10.0 Å². The van der Waals surface area contributed by atoms with Crippen molar-refractivity contribution in [2.75, 3.05) is 6.54 Å². The van der Waals surface area contributed by atoms with Crippen LogP contribution >= 0.6 is 23.2 Å². The van der Waals surface area contributed by atoms with Crippen molar-refractivity contribution in [2.45, 2.75) is 19.3 Å². The largest absolute Gasteiger partial charge is 0.390 e. The molecule has 1 N–H and O–H groups in total. The molecule has 1 aromatic carbocycles. The zero-order valence-electron chi connectivity index (χ0n) is 8.77. The number of halogens is 2. The molecule has 1 atom stereocenters. The maximum absolute atomic E-state index is 6.03. The third kappa shape index (κ3) is 1.75. The molecule has 0 saturated carbocycles. The van der Waals surface area contributed by atoms with Crippen molar-refractivity contribution in [3.8, 4) is 0 Å². The Morgan fingerprint density at radius 3 is 2.53 bits per heavy atom. The zero-order chi connectivity index (χ0) is 11.1. The van der Waals surface area contributed by atoms with Gasteiger partial charge in [-0.25, -0.2) is 0 Å². The molecule has 15 heavy (non-hydrogen) atoms. The van der Waals surface area contributed by atoms with E-state index in [1.807, 2.05) is 18.2 Å². The highest BCUT2D eigenvalue weighted by atomic mass is 35.5. The number of rotatable bonds is 1. The van der Waals surface area contributed by atoms with Crippen LogP contribution in [0.5, 0.6) is 0 Å². The summed E-state index contributed by atoms with van der Waals surface area (Å²) in [5.41, 5.74) is 2.56. The molecular weight excluding hydrogens is 229 g/mol. The minimum Gasteiger partial charge on any atom is -0.390 e. The lowest BCUT2D eigenvalue weighted by atomic mass is 9.78. The molecule has 0 bridgehead atoms. The molecule has 0 aromatic heterocycles. The van der Waals surface area contributed by atoms with Crippen LogP contribution in [0.4, 0.5) is 0 Å². The predicted octanol–water partition coefficient (Wildman–Crippen LogP) is 3.76. The SMILES string of the molecule is CC1=CNC[C@]1(C)c1ccc(Cl)c(Cl)c1. The summed E-state index contributed by atoms with van der Waals surface area (Å²) in [4.78, 5) is 0. The number of hydrogen-bond donors (Lipinski definition) is 1. The van der Waals surface area contributed by atoms with Gasteiger partial charge < -0.3 is 5.32 Å². The van der Waals surface area contributed by atoms with E-state index in [2.05, 4.69) is 25.4 Å². The predicted molar refractivity (Wildman–Crippen MR) is 65.6 cm³/mol. The minimum absolute atomic E-state index is 0.0359. The van der Waals surface area contributed by atoms with Gasteiger partial charge in [0.15, 0.2) is 0 Å². The standard InChI is InChI=1S/C12H13Cl2N/c1-8-6-15-7-12(8,2)9-3-4-10(13)11(14)5-9/h3-6,15H,7H2,1-2H3/t12-/m0/s1. The summed E-state index contributed by atoms with van der Waals surface area (Å²) in [6, 6.07) is 5.85. The van der Waals surface area contributed by atoms with E-state index >= 15 is 0 Å². The molecule has 1 nitrogen and oxygen atoms in total. The summed E-state index contributed by atoms with van der Waals surface area (Å²) in [7, 11) is 0. The number of benzene rings is 1. The average Bonchev–Trinajstić information content (AvgIpc) is 2.53. The average molecular weight is 242 g/mol. The molecular formula is C12H13Cl2N. The van der Waals surface area contributed by atoms with Crippen LogP contribution in [0.3, 0.4) is 0 Å². The minimum atomic E-state index is 0.0359. The van der Waals surface area contributed by atoms with Crippen LogP contribution in [-0.2, 0) is 5.41 Å². The molecule has 0 saturated heterocycles. The highest BCUT2D eigenvalue weighted by Gasteiger charge is 2.32. The molecule has 0 amide bonds. The third-order valence-electron chi connectivity index (χ3n) is 3.20. The quantitative estimate of drug-likeness (QED) is 0.790. The molecule has 0 spiro atoms. The van der Waals surface area contributed by atoms with Crippen LogP contribution < -0.4 is 5.32 Å². The Labute approximate surface area is 100 Å². The molecule has 0 unspecified atom stereocenters. The second-order valence-electron chi connectivity index (χ2n) is 4.17. The fourth-order valence-corrected chi connectivity index (χ4v) is 2.17. The van der Waals surface area contributed by atoms with Gasteiger partial charge in [-0.1, -0.05) is 29.3 Å².